The van der Waals surface area contributed by atoms with E-state index >= 15 is 0 Å². The number of halogens is 1. The van der Waals surface area contributed by atoms with Gasteiger partial charge in [0.1, 0.15) is 0 Å². The topological polar surface area (TPSA) is 52.6 Å². The van der Waals surface area contributed by atoms with Gasteiger partial charge in [-0.2, -0.15) is 0 Å². The Hall–Kier alpha value is -1.75. The van der Waals surface area contributed by atoms with Gasteiger partial charge in [-0.3, -0.25) is 0 Å². The molecule has 2 heterocycles. The molecule has 1 aromatic carbocycles. The number of furan rings is 1. The van der Waals surface area contributed by atoms with E-state index in [9.17, 15) is 4.79 Å². The van der Waals surface area contributed by atoms with Crippen molar-refractivity contribution in [2.24, 2.45) is 0 Å². The lowest BCUT2D eigenvalue weighted by molar-refractivity contribution is 0.402. The van der Waals surface area contributed by atoms with E-state index in [1.54, 1.807) is 12.3 Å². The Balaban J connectivity index is 2.66. The van der Waals surface area contributed by atoms with Crippen molar-refractivity contribution in [2.75, 3.05) is 7.11 Å². The number of hydrogen-bond donors (Lipinski definition) is 0. The van der Waals surface area contributed by atoms with Crippen molar-refractivity contribution in [3.63, 3.8) is 0 Å². The first-order chi connectivity index (χ1) is 8.22. The summed E-state index contributed by atoms with van der Waals surface area (Å²) < 4.78 is 16.6. The maximum atomic E-state index is 11.3. The van der Waals surface area contributed by atoms with Gasteiger partial charge in [0.2, 0.25) is 5.75 Å². The van der Waals surface area contributed by atoms with Crippen molar-refractivity contribution in [3.05, 3.63) is 39.4 Å². The summed E-state index contributed by atoms with van der Waals surface area (Å²) in [6.45, 7) is 0. The predicted molar refractivity (Wildman–Crippen MR) is 66.5 cm³/mol. The van der Waals surface area contributed by atoms with E-state index in [1.807, 2.05) is 6.07 Å². The Bertz CT molecular complexity index is 769. The van der Waals surface area contributed by atoms with E-state index in [4.69, 9.17) is 13.6 Å². The molecule has 0 spiro atoms. The second kappa shape index (κ2) is 3.63. The highest BCUT2D eigenvalue weighted by Crippen LogP contribution is 2.40. The van der Waals surface area contributed by atoms with Crippen molar-refractivity contribution >= 4 is 37.9 Å². The summed E-state index contributed by atoms with van der Waals surface area (Å²) in [4.78, 5) is 11.3. The van der Waals surface area contributed by atoms with Gasteiger partial charge in [-0.1, -0.05) is 0 Å². The number of hydrogen-bond acceptors (Lipinski definition) is 4. The normalized spacial score (nSPS) is 11.2. The maximum Gasteiger partial charge on any atom is 0.336 e. The molecule has 17 heavy (non-hydrogen) atoms. The monoisotopic (exact) mass is 294 g/mol. The van der Waals surface area contributed by atoms with Crippen molar-refractivity contribution in [2.45, 2.75) is 0 Å². The Morgan fingerprint density at radius 2 is 1.94 bits per heavy atom. The minimum atomic E-state index is -0.423. The quantitative estimate of drug-likeness (QED) is 0.646. The first kappa shape index (κ1) is 10.4. The Morgan fingerprint density at radius 3 is 2.71 bits per heavy atom. The maximum absolute atomic E-state index is 11.3. The van der Waals surface area contributed by atoms with Crippen LogP contribution in [0.15, 0.2) is 42.6 Å². The fourth-order valence-electron chi connectivity index (χ4n) is 1.85. The van der Waals surface area contributed by atoms with E-state index in [0.29, 0.717) is 16.9 Å². The van der Waals surface area contributed by atoms with Gasteiger partial charge in [0, 0.05) is 21.3 Å². The average Bonchev–Trinajstić information content (AvgIpc) is 2.79. The van der Waals surface area contributed by atoms with Gasteiger partial charge in [0.25, 0.3) is 0 Å². The molecule has 0 aliphatic rings. The zero-order valence-corrected chi connectivity index (χ0v) is 10.4. The molecule has 0 N–H and O–H groups in total. The number of methoxy groups -OCH3 is 1. The largest absolute Gasteiger partial charge is 0.490 e. The number of fused-ring (bicyclic) bond motifs is 2. The minimum Gasteiger partial charge on any atom is -0.490 e. The Morgan fingerprint density at radius 1 is 1.18 bits per heavy atom. The molecule has 2 aromatic heterocycles. The summed E-state index contributed by atoms with van der Waals surface area (Å²) in [5.74, 6) is 0.431. The van der Waals surface area contributed by atoms with Gasteiger partial charge in [0.15, 0.2) is 11.2 Å². The van der Waals surface area contributed by atoms with Gasteiger partial charge >= 0.3 is 5.63 Å². The van der Waals surface area contributed by atoms with E-state index in [2.05, 4.69) is 15.9 Å². The summed E-state index contributed by atoms with van der Waals surface area (Å²) in [6.07, 6.45) is 1.56. The molecule has 0 saturated carbocycles. The lowest BCUT2D eigenvalue weighted by Crippen LogP contribution is -1.97. The molecule has 0 atom stereocenters. The highest BCUT2D eigenvalue weighted by Gasteiger charge is 2.17. The highest BCUT2D eigenvalue weighted by atomic mass is 79.9. The number of benzene rings is 1. The van der Waals surface area contributed by atoms with Crippen LogP contribution in [0.4, 0.5) is 0 Å². The van der Waals surface area contributed by atoms with Crippen LogP contribution < -0.4 is 10.4 Å². The van der Waals surface area contributed by atoms with E-state index < -0.39 is 5.63 Å². The second-order valence-electron chi connectivity index (χ2n) is 3.51. The first-order valence-corrected chi connectivity index (χ1v) is 5.68. The number of ether oxygens (including phenoxy) is 1. The molecule has 4 nitrogen and oxygen atoms in total. The van der Waals surface area contributed by atoms with Gasteiger partial charge in [-0.05, 0) is 28.1 Å². The molecule has 0 bridgehead atoms. The zero-order chi connectivity index (χ0) is 12.0. The summed E-state index contributed by atoms with van der Waals surface area (Å²) >= 11 is 3.47. The standard InChI is InChI=1S/C12H7BrO4/c1-15-12-10-7(4-5-16-10)9(13)6-2-3-8(14)17-11(6)12/h2-5H,1H3. The smallest absolute Gasteiger partial charge is 0.336 e. The van der Waals surface area contributed by atoms with Crippen molar-refractivity contribution in [1.29, 1.82) is 0 Å². The van der Waals surface area contributed by atoms with Crippen LogP contribution in [0.1, 0.15) is 0 Å². The van der Waals surface area contributed by atoms with Crippen molar-refractivity contribution in [1.82, 2.24) is 0 Å². The average molecular weight is 295 g/mol. The third-order valence-electron chi connectivity index (χ3n) is 2.59. The second-order valence-corrected chi connectivity index (χ2v) is 4.30. The molecular weight excluding hydrogens is 288 g/mol. The Kier molecular flexibility index (Phi) is 2.22. The lowest BCUT2D eigenvalue weighted by Gasteiger charge is -2.06. The van der Waals surface area contributed by atoms with Crippen molar-refractivity contribution in [3.8, 4) is 5.75 Å². The molecule has 0 saturated heterocycles. The molecular formula is C12H7BrO4. The molecule has 0 amide bonds. The van der Waals surface area contributed by atoms with E-state index in [0.717, 1.165) is 15.2 Å². The first-order valence-electron chi connectivity index (χ1n) is 4.89. The summed E-state index contributed by atoms with van der Waals surface area (Å²) in [5, 5.41) is 1.65. The van der Waals surface area contributed by atoms with Crippen LogP contribution >= 0.6 is 15.9 Å². The van der Waals surface area contributed by atoms with Gasteiger partial charge < -0.3 is 13.6 Å². The van der Waals surface area contributed by atoms with E-state index in [1.165, 1.54) is 13.2 Å². The Labute approximate surface area is 104 Å². The molecule has 86 valence electrons. The van der Waals surface area contributed by atoms with Crippen LogP contribution in [0.25, 0.3) is 21.9 Å². The molecule has 0 aliphatic heterocycles. The summed E-state index contributed by atoms with van der Waals surface area (Å²) in [7, 11) is 1.51. The molecule has 3 rings (SSSR count). The third kappa shape index (κ3) is 1.39. The van der Waals surface area contributed by atoms with Crippen LogP contribution in [0, 0.1) is 0 Å². The predicted octanol–water partition coefficient (Wildman–Crippen LogP) is 3.31. The number of rotatable bonds is 1. The van der Waals surface area contributed by atoms with Crippen molar-refractivity contribution < 1.29 is 13.6 Å². The minimum absolute atomic E-state index is 0.384. The SMILES string of the molecule is COc1c2occc2c(Br)c2ccc(=O)oc12. The molecule has 5 heteroatoms. The summed E-state index contributed by atoms with van der Waals surface area (Å²) in [6, 6.07) is 4.89. The fourth-order valence-corrected chi connectivity index (χ4v) is 2.47. The molecule has 3 aromatic rings. The van der Waals surface area contributed by atoms with E-state index in [-0.39, 0.29) is 0 Å². The molecule has 0 aliphatic carbocycles. The molecule has 0 unspecified atom stereocenters. The van der Waals surface area contributed by atoms with Crippen LogP contribution in [-0.4, -0.2) is 7.11 Å². The molecule has 0 radical (unpaired) electrons. The van der Waals surface area contributed by atoms with Crippen LogP contribution in [0.2, 0.25) is 0 Å². The third-order valence-corrected chi connectivity index (χ3v) is 3.44. The molecule has 0 fully saturated rings. The van der Waals surface area contributed by atoms with Crippen LogP contribution in [0.5, 0.6) is 5.75 Å². The lowest BCUT2D eigenvalue weighted by atomic mass is 10.1. The summed E-state index contributed by atoms with van der Waals surface area (Å²) in [5.41, 5.74) is 0.518. The zero-order valence-electron chi connectivity index (χ0n) is 8.82. The fraction of sp³-hybridized carbons (Fsp3) is 0.0833. The van der Waals surface area contributed by atoms with Crippen LogP contribution in [0.3, 0.4) is 0 Å². The van der Waals surface area contributed by atoms with Gasteiger partial charge in [-0.15, -0.1) is 0 Å². The van der Waals surface area contributed by atoms with Crippen LogP contribution in [-0.2, 0) is 0 Å². The van der Waals surface area contributed by atoms with Gasteiger partial charge in [0.05, 0.1) is 13.4 Å². The highest BCUT2D eigenvalue weighted by molar-refractivity contribution is 9.10. The van der Waals surface area contributed by atoms with Gasteiger partial charge in [-0.25, -0.2) is 4.79 Å².